The van der Waals surface area contributed by atoms with Gasteiger partial charge in [-0.05, 0) is 24.6 Å². The molecule has 0 saturated heterocycles. The van der Waals surface area contributed by atoms with E-state index >= 15 is 0 Å². The Morgan fingerprint density at radius 2 is 2.11 bits per heavy atom. The molecule has 1 aromatic carbocycles. The average molecular weight is 275 g/mol. The number of hydrogen-bond acceptors (Lipinski definition) is 4. The number of carbonyl (C=O) groups is 1. The minimum absolute atomic E-state index is 0. The molecule has 0 saturated carbocycles. The molecule has 0 heterocycles. The molecule has 0 aromatic heterocycles. The Labute approximate surface area is 113 Å². The summed E-state index contributed by atoms with van der Waals surface area (Å²) in [5.41, 5.74) is 7.08. The van der Waals surface area contributed by atoms with Gasteiger partial charge in [-0.25, -0.2) is 0 Å². The number of anilines is 1. The third kappa shape index (κ3) is 4.18. The molecule has 3 N–H and O–H groups in total. The maximum Gasteiger partial charge on any atom is 0.254 e. The van der Waals surface area contributed by atoms with Gasteiger partial charge in [0.1, 0.15) is 11.9 Å². The number of aryl methyl sites for hydroxylation is 1. The van der Waals surface area contributed by atoms with Gasteiger partial charge < -0.3 is 20.5 Å². The first-order valence-corrected chi connectivity index (χ1v) is 5.30. The SMILES string of the molecule is COc1cc(C)ccc1NC(=O)C(CN)OC.Cl. The Morgan fingerprint density at radius 3 is 2.61 bits per heavy atom. The molecule has 0 aliphatic heterocycles. The van der Waals surface area contributed by atoms with Crippen molar-refractivity contribution in [1.29, 1.82) is 0 Å². The number of ether oxygens (including phenoxy) is 2. The molecule has 0 spiro atoms. The molecule has 6 heteroatoms. The molecule has 0 fully saturated rings. The van der Waals surface area contributed by atoms with Gasteiger partial charge in [0, 0.05) is 13.7 Å². The van der Waals surface area contributed by atoms with Crippen molar-refractivity contribution in [1.82, 2.24) is 0 Å². The van der Waals surface area contributed by atoms with Crippen molar-refractivity contribution in [2.45, 2.75) is 13.0 Å². The maximum atomic E-state index is 11.8. The number of halogens is 1. The van der Waals surface area contributed by atoms with Crippen LogP contribution in [0.15, 0.2) is 18.2 Å². The fraction of sp³-hybridized carbons (Fsp3) is 0.417. The van der Waals surface area contributed by atoms with Crippen molar-refractivity contribution in [3.8, 4) is 5.75 Å². The number of nitrogens with two attached hydrogens (primary N) is 1. The van der Waals surface area contributed by atoms with Crippen molar-refractivity contribution in [2.75, 3.05) is 26.1 Å². The number of benzene rings is 1. The third-order valence-corrected chi connectivity index (χ3v) is 2.41. The summed E-state index contributed by atoms with van der Waals surface area (Å²) < 4.78 is 10.1. The van der Waals surface area contributed by atoms with Crippen molar-refractivity contribution >= 4 is 24.0 Å². The largest absolute Gasteiger partial charge is 0.495 e. The molecule has 0 bridgehead atoms. The highest BCUT2D eigenvalue weighted by molar-refractivity contribution is 5.95. The topological polar surface area (TPSA) is 73.6 Å². The Balaban J connectivity index is 0.00000289. The Kier molecular flexibility index (Phi) is 7.35. The van der Waals surface area contributed by atoms with Gasteiger partial charge in [0.05, 0.1) is 12.8 Å². The average Bonchev–Trinajstić information content (AvgIpc) is 2.33. The number of hydrogen-bond donors (Lipinski definition) is 2. The van der Waals surface area contributed by atoms with Crippen LogP contribution < -0.4 is 15.8 Å². The smallest absolute Gasteiger partial charge is 0.254 e. The fourth-order valence-electron chi connectivity index (χ4n) is 1.43. The molecule has 5 nitrogen and oxygen atoms in total. The van der Waals surface area contributed by atoms with E-state index in [1.54, 1.807) is 13.2 Å². The van der Waals surface area contributed by atoms with E-state index in [4.69, 9.17) is 15.2 Å². The lowest BCUT2D eigenvalue weighted by Gasteiger charge is -2.15. The standard InChI is InChI=1S/C12H18N2O3.ClH/c1-8-4-5-9(10(6-8)16-2)14-12(15)11(7-13)17-3;/h4-6,11H,7,13H2,1-3H3,(H,14,15);1H. The molecule has 1 rings (SSSR count). The van der Waals surface area contributed by atoms with E-state index in [0.717, 1.165) is 5.56 Å². The van der Waals surface area contributed by atoms with Crippen molar-refractivity contribution in [3.05, 3.63) is 23.8 Å². The fourth-order valence-corrected chi connectivity index (χ4v) is 1.43. The first kappa shape index (κ1) is 16.7. The monoisotopic (exact) mass is 274 g/mol. The summed E-state index contributed by atoms with van der Waals surface area (Å²) in [6, 6.07) is 5.53. The van der Waals surface area contributed by atoms with Crippen LogP contribution in [0.4, 0.5) is 5.69 Å². The van der Waals surface area contributed by atoms with Crippen molar-refractivity contribution in [3.63, 3.8) is 0 Å². The lowest BCUT2D eigenvalue weighted by molar-refractivity contribution is -0.125. The first-order valence-electron chi connectivity index (χ1n) is 5.30. The van der Waals surface area contributed by atoms with Crippen LogP contribution in [0, 0.1) is 6.92 Å². The Morgan fingerprint density at radius 1 is 1.44 bits per heavy atom. The van der Waals surface area contributed by atoms with E-state index < -0.39 is 6.10 Å². The molecule has 0 radical (unpaired) electrons. The molecule has 1 unspecified atom stereocenters. The summed E-state index contributed by atoms with van der Waals surface area (Å²) in [7, 11) is 3.00. The van der Waals surface area contributed by atoms with Gasteiger partial charge >= 0.3 is 0 Å². The zero-order valence-electron chi connectivity index (χ0n) is 10.7. The number of methoxy groups -OCH3 is 2. The molecule has 1 amide bonds. The van der Waals surface area contributed by atoms with Gasteiger partial charge in [-0.15, -0.1) is 12.4 Å². The van der Waals surface area contributed by atoms with Crippen LogP contribution in [0.3, 0.4) is 0 Å². The summed E-state index contributed by atoms with van der Waals surface area (Å²) in [5.74, 6) is 0.336. The van der Waals surface area contributed by atoms with Gasteiger partial charge in [0.25, 0.3) is 5.91 Å². The highest BCUT2D eigenvalue weighted by atomic mass is 35.5. The van der Waals surface area contributed by atoms with Crippen LogP contribution in [0.2, 0.25) is 0 Å². The lowest BCUT2D eigenvalue weighted by Crippen LogP contribution is -2.36. The quantitative estimate of drug-likeness (QED) is 0.850. The molecule has 1 atom stereocenters. The number of rotatable bonds is 5. The van der Waals surface area contributed by atoms with E-state index in [1.165, 1.54) is 7.11 Å². The second kappa shape index (κ2) is 7.92. The van der Waals surface area contributed by atoms with Crippen LogP contribution in [0.1, 0.15) is 5.56 Å². The van der Waals surface area contributed by atoms with E-state index in [0.29, 0.717) is 11.4 Å². The molecular weight excluding hydrogens is 256 g/mol. The van der Waals surface area contributed by atoms with Crippen LogP contribution in [0.25, 0.3) is 0 Å². The van der Waals surface area contributed by atoms with Gasteiger partial charge in [-0.2, -0.15) is 0 Å². The second-order valence-electron chi connectivity index (χ2n) is 3.65. The normalized spacial score (nSPS) is 11.3. The zero-order valence-corrected chi connectivity index (χ0v) is 11.5. The number of carbonyl (C=O) groups excluding carboxylic acids is 1. The van der Waals surface area contributed by atoms with E-state index in [-0.39, 0.29) is 24.9 Å². The molecule has 1 aromatic rings. The van der Waals surface area contributed by atoms with Gasteiger partial charge in [0.2, 0.25) is 0 Å². The van der Waals surface area contributed by atoms with E-state index in [1.807, 2.05) is 19.1 Å². The Bertz CT molecular complexity index is 395. The minimum atomic E-state index is -0.652. The minimum Gasteiger partial charge on any atom is -0.495 e. The Hall–Kier alpha value is -1.30. The molecular formula is C12H19ClN2O3. The van der Waals surface area contributed by atoms with Crippen LogP contribution in [0.5, 0.6) is 5.75 Å². The van der Waals surface area contributed by atoms with Crippen molar-refractivity contribution < 1.29 is 14.3 Å². The van der Waals surface area contributed by atoms with Gasteiger partial charge in [-0.1, -0.05) is 6.07 Å². The van der Waals surface area contributed by atoms with Crippen LogP contribution in [-0.4, -0.2) is 32.8 Å². The molecule has 18 heavy (non-hydrogen) atoms. The molecule has 102 valence electrons. The number of nitrogens with one attached hydrogen (secondary N) is 1. The maximum absolute atomic E-state index is 11.8. The van der Waals surface area contributed by atoms with E-state index in [9.17, 15) is 4.79 Å². The van der Waals surface area contributed by atoms with Crippen LogP contribution >= 0.6 is 12.4 Å². The highest BCUT2D eigenvalue weighted by Gasteiger charge is 2.17. The summed E-state index contributed by atoms with van der Waals surface area (Å²) in [4.78, 5) is 11.8. The predicted octanol–water partition coefficient (Wildman–Crippen LogP) is 1.34. The number of amides is 1. The summed E-state index contributed by atoms with van der Waals surface area (Å²) in [5, 5.41) is 2.72. The zero-order chi connectivity index (χ0) is 12.8. The lowest BCUT2D eigenvalue weighted by atomic mass is 10.2. The third-order valence-electron chi connectivity index (χ3n) is 2.41. The summed E-state index contributed by atoms with van der Waals surface area (Å²) in [6.45, 7) is 2.09. The summed E-state index contributed by atoms with van der Waals surface area (Å²) >= 11 is 0. The molecule has 0 aliphatic carbocycles. The van der Waals surface area contributed by atoms with E-state index in [2.05, 4.69) is 5.32 Å². The van der Waals surface area contributed by atoms with Gasteiger partial charge in [-0.3, -0.25) is 4.79 Å². The highest BCUT2D eigenvalue weighted by Crippen LogP contribution is 2.25. The van der Waals surface area contributed by atoms with Gasteiger partial charge in [0.15, 0.2) is 0 Å². The first-order chi connectivity index (χ1) is 8.12. The van der Waals surface area contributed by atoms with Crippen LogP contribution in [-0.2, 0) is 9.53 Å². The summed E-state index contributed by atoms with van der Waals surface area (Å²) in [6.07, 6.45) is -0.652. The predicted molar refractivity (Wildman–Crippen MR) is 73.5 cm³/mol. The molecule has 0 aliphatic rings. The van der Waals surface area contributed by atoms with Crippen molar-refractivity contribution in [2.24, 2.45) is 5.73 Å². The second-order valence-corrected chi connectivity index (χ2v) is 3.65.